The summed E-state index contributed by atoms with van der Waals surface area (Å²) in [7, 11) is 0. The van der Waals surface area contributed by atoms with Gasteiger partial charge in [-0.05, 0) is 129 Å². The van der Waals surface area contributed by atoms with Crippen LogP contribution in [0.4, 0.5) is 17.1 Å². The summed E-state index contributed by atoms with van der Waals surface area (Å²) in [5.41, 5.74) is 17.2. The van der Waals surface area contributed by atoms with E-state index in [1.54, 1.807) is 33.2 Å². The second-order valence-electron chi connectivity index (χ2n) is 18.4. The Morgan fingerprint density at radius 1 is 0.617 bits per heavy atom. The van der Waals surface area contributed by atoms with Crippen molar-refractivity contribution in [3.05, 3.63) is 106 Å². The summed E-state index contributed by atoms with van der Waals surface area (Å²) in [6.45, 7) is 22.7. The van der Waals surface area contributed by atoms with Gasteiger partial charge in [0.25, 0.3) is 0 Å². The van der Waals surface area contributed by atoms with Gasteiger partial charge in [-0.1, -0.05) is 110 Å². The van der Waals surface area contributed by atoms with Crippen LogP contribution in [0, 0.1) is 0 Å². The zero-order valence-corrected chi connectivity index (χ0v) is 30.8. The summed E-state index contributed by atoms with van der Waals surface area (Å²) in [5, 5.41) is 0. The van der Waals surface area contributed by atoms with Crippen molar-refractivity contribution in [1.82, 2.24) is 0 Å². The first kappa shape index (κ1) is 30.2. The van der Waals surface area contributed by atoms with E-state index >= 15 is 0 Å². The summed E-state index contributed by atoms with van der Waals surface area (Å²) in [6, 6.07) is 29.4. The van der Waals surface area contributed by atoms with Gasteiger partial charge in [0, 0.05) is 26.6 Å². The van der Waals surface area contributed by atoms with Crippen molar-refractivity contribution < 1.29 is 0 Å². The van der Waals surface area contributed by atoms with Gasteiger partial charge in [0.1, 0.15) is 0 Å². The maximum Gasteiger partial charge on any atom is 0.232 e. The normalized spacial score (nSPS) is 26.4. The molecule has 4 aromatic carbocycles. The lowest BCUT2D eigenvalue weighted by Gasteiger charge is -2.50. The van der Waals surface area contributed by atoms with Gasteiger partial charge in [0.2, 0.25) is 6.71 Å². The highest BCUT2D eigenvalue weighted by Crippen LogP contribution is 2.59. The Bertz CT molecular complexity index is 2000. The van der Waals surface area contributed by atoms with Crippen LogP contribution >= 0.6 is 11.8 Å². The van der Waals surface area contributed by atoms with Crippen molar-refractivity contribution in [2.75, 3.05) is 4.90 Å². The fraction of sp³-hybridized carbons (Fsp3) is 0.455. The first-order valence-electron chi connectivity index (χ1n) is 18.2. The molecule has 0 spiro atoms. The van der Waals surface area contributed by atoms with Crippen molar-refractivity contribution in [3.63, 3.8) is 0 Å². The highest BCUT2D eigenvalue weighted by atomic mass is 32.2. The van der Waals surface area contributed by atoms with Gasteiger partial charge >= 0.3 is 0 Å². The first-order chi connectivity index (χ1) is 22.1. The number of fused-ring (bicyclic) bond motifs is 8. The summed E-state index contributed by atoms with van der Waals surface area (Å²) >= 11 is 2.16. The monoisotopic (exact) mass is 635 g/mol. The predicted molar refractivity (Wildman–Crippen MR) is 204 cm³/mol. The number of thioether (sulfide) groups is 1. The molecular formula is C44H50BNS. The molecule has 3 heteroatoms. The van der Waals surface area contributed by atoms with Gasteiger partial charge in [-0.3, -0.25) is 0 Å². The van der Waals surface area contributed by atoms with Gasteiger partial charge < -0.3 is 4.90 Å². The molecule has 3 aliphatic heterocycles. The third-order valence-electron chi connectivity index (χ3n) is 13.7. The minimum atomic E-state index is 0.0536. The third-order valence-corrected chi connectivity index (χ3v) is 15.2. The number of nitrogens with zero attached hydrogens (tertiary/aromatic N) is 1. The van der Waals surface area contributed by atoms with Gasteiger partial charge in [-0.25, -0.2) is 0 Å². The first-order valence-corrected chi connectivity index (χ1v) is 19.0. The van der Waals surface area contributed by atoms with Gasteiger partial charge in [0.05, 0.1) is 0 Å². The van der Waals surface area contributed by atoms with E-state index in [0.29, 0.717) is 12.6 Å². The molecule has 4 aromatic rings. The van der Waals surface area contributed by atoms with Crippen LogP contribution in [0.3, 0.4) is 0 Å². The van der Waals surface area contributed by atoms with E-state index in [1.165, 1.54) is 58.8 Å². The van der Waals surface area contributed by atoms with Gasteiger partial charge in [-0.2, -0.15) is 0 Å². The van der Waals surface area contributed by atoms with E-state index in [-0.39, 0.29) is 26.3 Å². The maximum atomic E-state index is 2.71. The standard InChI is InChI=1S/C44H50BNS/c1-40(2)19-20-41(3,4)32-24-28(17-18-30(32)40)46-36-15-12-13-27-23-31-29-14-10-11-16-38(29)47-44(31,9)45(39(27)36)35-25-33-34(26-37(35)46)43(7,8)22-21-42(33,5)6/h10-18,24-26,31H,19-23H2,1-9H3/t31?,44-/m1/s1. The maximum absolute atomic E-state index is 2.71. The van der Waals surface area contributed by atoms with E-state index in [9.17, 15) is 0 Å². The van der Waals surface area contributed by atoms with Gasteiger partial charge in [0.15, 0.2) is 0 Å². The average molecular weight is 636 g/mol. The number of hydrogen-bond donors (Lipinski definition) is 0. The highest BCUT2D eigenvalue weighted by molar-refractivity contribution is 8.03. The quantitative estimate of drug-likeness (QED) is 0.192. The smallest absolute Gasteiger partial charge is 0.232 e. The predicted octanol–water partition coefficient (Wildman–Crippen LogP) is 10.5. The fourth-order valence-electron chi connectivity index (χ4n) is 10.5. The molecule has 5 aliphatic rings. The Morgan fingerprint density at radius 3 is 1.94 bits per heavy atom. The number of anilines is 3. The Hall–Kier alpha value is -2.91. The van der Waals surface area contributed by atoms with Crippen molar-refractivity contribution in [2.45, 2.75) is 132 Å². The largest absolute Gasteiger partial charge is 0.312 e. The lowest BCUT2D eigenvalue weighted by Crippen LogP contribution is -2.66. The van der Waals surface area contributed by atoms with Crippen LogP contribution in [0.25, 0.3) is 0 Å². The molecule has 0 radical (unpaired) electrons. The number of rotatable bonds is 1. The molecule has 3 heterocycles. The fourth-order valence-corrected chi connectivity index (χ4v) is 12.2. The molecule has 0 fully saturated rings. The lowest BCUT2D eigenvalue weighted by atomic mass is 9.27. The summed E-state index contributed by atoms with van der Waals surface area (Å²) in [4.78, 5) is 4.18. The second-order valence-corrected chi connectivity index (χ2v) is 19.9. The van der Waals surface area contributed by atoms with E-state index in [2.05, 4.69) is 152 Å². The molecule has 0 amide bonds. The zero-order valence-electron chi connectivity index (χ0n) is 30.0. The Morgan fingerprint density at radius 2 is 1.23 bits per heavy atom. The van der Waals surface area contributed by atoms with E-state index in [4.69, 9.17) is 0 Å². The van der Waals surface area contributed by atoms with Crippen molar-refractivity contribution in [2.24, 2.45) is 0 Å². The number of hydrogen-bond acceptors (Lipinski definition) is 2. The molecule has 1 nitrogen and oxygen atoms in total. The highest BCUT2D eigenvalue weighted by Gasteiger charge is 2.58. The molecule has 0 bridgehead atoms. The molecule has 2 atom stereocenters. The molecule has 0 N–H and O–H groups in total. The van der Waals surface area contributed by atoms with E-state index in [0.717, 1.165) is 6.42 Å². The SMILES string of the molecule is CC1(C)CCC(C)(C)c2cc(N3c4cc5c(cc4B4c6c(cccc63)CC3c6ccccc6S[C@@]43C)C(C)(C)CCC5(C)C)ccc21. The Labute approximate surface area is 288 Å². The van der Waals surface area contributed by atoms with Crippen LogP contribution in [-0.4, -0.2) is 11.4 Å². The minimum absolute atomic E-state index is 0.0536. The molecule has 1 unspecified atom stereocenters. The van der Waals surface area contributed by atoms with Crippen LogP contribution in [0.1, 0.15) is 127 Å². The van der Waals surface area contributed by atoms with Crippen molar-refractivity contribution >= 4 is 46.5 Å². The molecule has 47 heavy (non-hydrogen) atoms. The van der Waals surface area contributed by atoms with Crippen molar-refractivity contribution in [3.8, 4) is 0 Å². The van der Waals surface area contributed by atoms with Crippen LogP contribution in [0.15, 0.2) is 77.7 Å². The average Bonchev–Trinajstić information content (AvgIpc) is 3.33. The van der Waals surface area contributed by atoms with Crippen LogP contribution in [-0.2, 0) is 28.1 Å². The summed E-state index contributed by atoms with van der Waals surface area (Å²) < 4.78 is 0.0536. The third kappa shape index (κ3) is 4.05. The molecule has 0 saturated heterocycles. The molecule has 0 saturated carbocycles. The Balaban J connectivity index is 1.35. The van der Waals surface area contributed by atoms with Crippen LogP contribution in [0.2, 0.25) is 0 Å². The van der Waals surface area contributed by atoms with Crippen LogP contribution < -0.4 is 15.8 Å². The van der Waals surface area contributed by atoms with Gasteiger partial charge in [-0.15, -0.1) is 11.8 Å². The molecule has 0 aromatic heterocycles. The second kappa shape index (κ2) is 9.41. The summed E-state index contributed by atoms with van der Waals surface area (Å²) in [5.74, 6) is 0.503. The van der Waals surface area contributed by atoms with Crippen molar-refractivity contribution in [1.29, 1.82) is 0 Å². The Kier molecular flexibility index (Phi) is 6.04. The number of benzene rings is 4. The van der Waals surface area contributed by atoms with Crippen LogP contribution in [0.5, 0.6) is 0 Å². The topological polar surface area (TPSA) is 3.24 Å². The minimum Gasteiger partial charge on any atom is -0.312 e. The molecular weight excluding hydrogens is 585 g/mol. The summed E-state index contributed by atoms with van der Waals surface area (Å²) in [6.07, 6.45) is 6.03. The molecule has 240 valence electrons. The molecule has 2 aliphatic carbocycles. The van der Waals surface area contributed by atoms with E-state index in [1.807, 2.05) is 0 Å². The van der Waals surface area contributed by atoms with E-state index < -0.39 is 0 Å². The molecule has 9 rings (SSSR count). The zero-order chi connectivity index (χ0) is 32.9. The lowest BCUT2D eigenvalue weighted by molar-refractivity contribution is 0.332.